The number of hydrogen-bond acceptors (Lipinski definition) is 3. The van der Waals surface area contributed by atoms with Gasteiger partial charge in [0.05, 0.1) is 18.8 Å². The lowest BCUT2D eigenvalue weighted by atomic mass is 9.94. The number of nitrogens with one attached hydrogen (secondary N) is 1. The van der Waals surface area contributed by atoms with Crippen molar-refractivity contribution in [3.8, 4) is 5.75 Å². The molecule has 4 rings (SSSR count). The van der Waals surface area contributed by atoms with Crippen LogP contribution < -0.4 is 10.1 Å². The second-order valence-electron chi connectivity index (χ2n) is 6.07. The monoisotopic (exact) mass is 259 g/mol. The highest BCUT2D eigenvalue weighted by Gasteiger charge is 2.41. The van der Waals surface area contributed by atoms with Gasteiger partial charge in [0.15, 0.2) is 0 Å². The molecule has 0 saturated carbocycles. The molecule has 1 aromatic rings. The van der Waals surface area contributed by atoms with E-state index in [9.17, 15) is 0 Å². The average Bonchev–Trinajstić information content (AvgIpc) is 3.13. The van der Waals surface area contributed by atoms with E-state index in [0.29, 0.717) is 24.3 Å². The predicted octanol–water partition coefficient (Wildman–Crippen LogP) is 2.59. The second kappa shape index (κ2) is 4.50. The summed E-state index contributed by atoms with van der Waals surface area (Å²) in [6.45, 7) is 3.09. The van der Waals surface area contributed by atoms with Gasteiger partial charge in [0.25, 0.3) is 0 Å². The molecule has 3 heterocycles. The summed E-state index contributed by atoms with van der Waals surface area (Å²) in [6, 6.07) is 7.54. The lowest BCUT2D eigenvalue weighted by molar-refractivity contribution is 0.0962. The topological polar surface area (TPSA) is 30.5 Å². The van der Waals surface area contributed by atoms with Crippen molar-refractivity contribution in [3.63, 3.8) is 0 Å². The Morgan fingerprint density at radius 2 is 2.26 bits per heavy atom. The summed E-state index contributed by atoms with van der Waals surface area (Å²) in [5.41, 5.74) is 2.72. The van der Waals surface area contributed by atoms with Gasteiger partial charge in [-0.25, -0.2) is 0 Å². The molecule has 4 unspecified atom stereocenters. The molecule has 1 aromatic carbocycles. The van der Waals surface area contributed by atoms with Crippen LogP contribution in [0, 0.1) is 0 Å². The Labute approximate surface area is 114 Å². The van der Waals surface area contributed by atoms with Crippen LogP contribution in [0.4, 0.5) is 0 Å². The Hall–Kier alpha value is -1.06. The van der Waals surface area contributed by atoms with Crippen LogP contribution >= 0.6 is 0 Å². The third kappa shape index (κ3) is 2.05. The molecule has 3 nitrogen and oxygen atoms in total. The van der Waals surface area contributed by atoms with E-state index in [1.165, 1.54) is 30.4 Å². The van der Waals surface area contributed by atoms with Crippen LogP contribution in [0.25, 0.3) is 0 Å². The first-order valence-corrected chi connectivity index (χ1v) is 7.47. The highest BCUT2D eigenvalue weighted by molar-refractivity contribution is 5.40. The van der Waals surface area contributed by atoms with Crippen molar-refractivity contribution < 1.29 is 9.47 Å². The zero-order valence-corrected chi connectivity index (χ0v) is 11.4. The fourth-order valence-electron chi connectivity index (χ4n) is 3.71. The van der Waals surface area contributed by atoms with Gasteiger partial charge in [-0.2, -0.15) is 0 Å². The smallest absolute Gasteiger partial charge is 0.122 e. The third-order valence-electron chi connectivity index (χ3n) is 4.78. The van der Waals surface area contributed by atoms with Gasteiger partial charge in [0.2, 0.25) is 0 Å². The van der Waals surface area contributed by atoms with Crippen LogP contribution in [0.5, 0.6) is 5.75 Å². The van der Waals surface area contributed by atoms with Gasteiger partial charge in [0, 0.05) is 18.5 Å². The van der Waals surface area contributed by atoms with Gasteiger partial charge in [-0.15, -0.1) is 0 Å². The average molecular weight is 259 g/mol. The first-order chi connectivity index (χ1) is 9.29. The summed E-state index contributed by atoms with van der Waals surface area (Å²) in [4.78, 5) is 0. The molecule has 0 amide bonds. The normalized spacial score (nSPS) is 33.2. The zero-order valence-electron chi connectivity index (χ0n) is 11.4. The van der Waals surface area contributed by atoms with Crippen LogP contribution in [-0.4, -0.2) is 24.9 Å². The minimum Gasteiger partial charge on any atom is -0.493 e. The Kier molecular flexibility index (Phi) is 2.78. The van der Waals surface area contributed by atoms with E-state index >= 15 is 0 Å². The molecular formula is C16H21NO2. The maximum absolute atomic E-state index is 5.91. The molecule has 19 heavy (non-hydrogen) atoms. The van der Waals surface area contributed by atoms with E-state index in [1.807, 2.05) is 0 Å². The zero-order chi connectivity index (χ0) is 12.8. The summed E-state index contributed by atoms with van der Waals surface area (Å²) in [6.07, 6.45) is 5.68. The van der Waals surface area contributed by atoms with E-state index in [4.69, 9.17) is 9.47 Å². The number of rotatable bonds is 3. The van der Waals surface area contributed by atoms with E-state index in [1.54, 1.807) is 0 Å². The molecule has 2 bridgehead atoms. The van der Waals surface area contributed by atoms with Crippen LogP contribution in [0.3, 0.4) is 0 Å². The molecule has 3 aliphatic heterocycles. The van der Waals surface area contributed by atoms with Crippen molar-refractivity contribution in [1.82, 2.24) is 5.32 Å². The summed E-state index contributed by atoms with van der Waals surface area (Å²) in [7, 11) is 0. The molecule has 1 N–H and O–H groups in total. The molecule has 2 fully saturated rings. The van der Waals surface area contributed by atoms with Crippen LogP contribution in [0.2, 0.25) is 0 Å². The van der Waals surface area contributed by atoms with Gasteiger partial charge < -0.3 is 14.8 Å². The van der Waals surface area contributed by atoms with Gasteiger partial charge in [0.1, 0.15) is 5.75 Å². The number of hydrogen-bond donors (Lipinski definition) is 1. The van der Waals surface area contributed by atoms with Crippen molar-refractivity contribution in [1.29, 1.82) is 0 Å². The van der Waals surface area contributed by atoms with Gasteiger partial charge in [-0.3, -0.25) is 0 Å². The lowest BCUT2D eigenvalue weighted by Gasteiger charge is -2.25. The maximum Gasteiger partial charge on any atom is 0.122 e. The molecule has 2 saturated heterocycles. The van der Waals surface area contributed by atoms with Gasteiger partial charge >= 0.3 is 0 Å². The summed E-state index contributed by atoms with van der Waals surface area (Å²) >= 11 is 0. The van der Waals surface area contributed by atoms with Crippen molar-refractivity contribution in [2.75, 3.05) is 6.61 Å². The second-order valence-corrected chi connectivity index (χ2v) is 6.07. The highest BCUT2D eigenvalue weighted by atomic mass is 16.5. The number of benzene rings is 1. The van der Waals surface area contributed by atoms with Crippen molar-refractivity contribution in [3.05, 3.63) is 29.3 Å². The van der Waals surface area contributed by atoms with Gasteiger partial charge in [-0.05, 0) is 43.4 Å². The Morgan fingerprint density at radius 1 is 1.32 bits per heavy atom. The molecular weight excluding hydrogens is 238 g/mol. The highest BCUT2D eigenvalue weighted by Crippen LogP contribution is 2.36. The van der Waals surface area contributed by atoms with E-state index < -0.39 is 0 Å². The van der Waals surface area contributed by atoms with Crippen LogP contribution in [0.1, 0.15) is 43.4 Å². The Balaban J connectivity index is 1.47. The molecule has 3 heteroatoms. The van der Waals surface area contributed by atoms with E-state index in [-0.39, 0.29) is 0 Å². The Morgan fingerprint density at radius 3 is 3.05 bits per heavy atom. The fourth-order valence-corrected chi connectivity index (χ4v) is 3.71. The van der Waals surface area contributed by atoms with E-state index in [2.05, 4.69) is 30.4 Å². The first-order valence-electron chi connectivity index (χ1n) is 7.47. The molecule has 102 valence electrons. The maximum atomic E-state index is 5.91. The lowest BCUT2D eigenvalue weighted by Crippen LogP contribution is -2.38. The minimum atomic E-state index is 0.388. The molecule has 3 aliphatic rings. The molecule has 0 radical (unpaired) electrons. The van der Waals surface area contributed by atoms with Crippen molar-refractivity contribution in [2.45, 2.75) is 56.9 Å². The molecule has 4 atom stereocenters. The quantitative estimate of drug-likeness (QED) is 0.905. The first kappa shape index (κ1) is 11.7. The largest absolute Gasteiger partial charge is 0.493 e. The summed E-state index contributed by atoms with van der Waals surface area (Å²) in [5.74, 6) is 1.07. The standard InChI is InChI=1S/C16H21NO2/c1-10(17-14-9-13-3-5-16(14)19-13)11-2-4-15-12(8-11)6-7-18-15/h2,4,8,10,13-14,16-17H,3,5-7,9H2,1H3. The molecule has 0 aliphatic carbocycles. The predicted molar refractivity (Wildman–Crippen MR) is 73.5 cm³/mol. The van der Waals surface area contributed by atoms with Crippen molar-refractivity contribution >= 4 is 0 Å². The fraction of sp³-hybridized carbons (Fsp3) is 0.625. The number of fused-ring (bicyclic) bond motifs is 3. The minimum absolute atomic E-state index is 0.388. The van der Waals surface area contributed by atoms with Gasteiger partial charge in [-0.1, -0.05) is 12.1 Å². The van der Waals surface area contributed by atoms with Crippen molar-refractivity contribution in [2.24, 2.45) is 0 Å². The van der Waals surface area contributed by atoms with Crippen LogP contribution in [0.15, 0.2) is 18.2 Å². The number of ether oxygens (including phenoxy) is 2. The summed E-state index contributed by atoms with van der Waals surface area (Å²) in [5, 5.41) is 3.75. The third-order valence-corrected chi connectivity index (χ3v) is 4.78. The SMILES string of the molecule is CC(NC1CC2CCC1O2)c1ccc2c(c1)CCO2. The molecule has 0 spiro atoms. The van der Waals surface area contributed by atoms with Crippen LogP contribution in [-0.2, 0) is 11.2 Å². The summed E-state index contributed by atoms with van der Waals surface area (Å²) < 4.78 is 11.5. The molecule has 0 aromatic heterocycles. The Bertz CT molecular complexity index is 488. The van der Waals surface area contributed by atoms with E-state index in [0.717, 1.165) is 18.8 Å².